The Morgan fingerprint density at radius 3 is 2.58 bits per heavy atom. The van der Waals surface area contributed by atoms with E-state index in [4.69, 9.17) is 5.11 Å². The molecule has 0 amide bonds. The SMILES string of the molecule is Cc1cc2nc3c(=O)[nH]c(=O)nc-3n(CC[C@H](O)CCO)c2cc1N1CCN(C)CC1. The van der Waals surface area contributed by atoms with Gasteiger partial charge in [0.05, 0.1) is 17.1 Å². The molecule has 31 heavy (non-hydrogen) atoms. The van der Waals surface area contributed by atoms with Gasteiger partial charge in [-0.25, -0.2) is 9.78 Å². The number of aliphatic hydroxyl groups excluding tert-OH is 2. The maximum absolute atomic E-state index is 12.4. The minimum absolute atomic E-state index is 0.0931. The maximum Gasteiger partial charge on any atom is 0.349 e. The van der Waals surface area contributed by atoms with Gasteiger partial charge in [0.1, 0.15) is 0 Å². The van der Waals surface area contributed by atoms with Crippen LogP contribution in [0.25, 0.3) is 22.6 Å². The van der Waals surface area contributed by atoms with Gasteiger partial charge in [-0.3, -0.25) is 9.78 Å². The molecule has 10 nitrogen and oxygen atoms in total. The molecule has 0 aromatic heterocycles. The van der Waals surface area contributed by atoms with Gasteiger partial charge in [-0.05, 0) is 44.5 Å². The first-order valence-electron chi connectivity index (χ1n) is 10.5. The number of aryl methyl sites for hydroxylation is 2. The normalized spacial score (nSPS) is 16.3. The topological polar surface area (TPSA) is 128 Å². The summed E-state index contributed by atoms with van der Waals surface area (Å²) in [7, 11) is 2.11. The summed E-state index contributed by atoms with van der Waals surface area (Å²) in [5, 5.41) is 19.2. The Hall–Kier alpha value is -2.82. The number of nitrogens with one attached hydrogen (secondary N) is 1. The highest BCUT2D eigenvalue weighted by atomic mass is 16.3. The Bertz CT molecular complexity index is 1160. The van der Waals surface area contributed by atoms with Gasteiger partial charge in [-0.15, -0.1) is 0 Å². The Morgan fingerprint density at radius 2 is 1.87 bits per heavy atom. The number of hydrogen-bond donors (Lipinski definition) is 3. The van der Waals surface area contributed by atoms with Crippen molar-refractivity contribution in [2.24, 2.45) is 0 Å². The molecule has 10 heteroatoms. The average Bonchev–Trinajstić information content (AvgIpc) is 2.72. The number of likely N-dealkylation sites (N-methyl/N-ethyl adjacent to an activating group) is 1. The lowest BCUT2D eigenvalue weighted by Gasteiger charge is -2.35. The van der Waals surface area contributed by atoms with Crippen molar-refractivity contribution >= 4 is 16.7 Å². The van der Waals surface area contributed by atoms with Crippen LogP contribution >= 0.6 is 0 Å². The summed E-state index contributed by atoms with van der Waals surface area (Å²) in [5.74, 6) is 0.200. The fraction of sp³-hybridized carbons (Fsp3) is 0.524. The zero-order chi connectivity index (χ0) is 22.1. The monoisotopic (exact) mass is 428 g/mol. The Balaban J connectivity index is 1.88. The first-order chi connectivity index (χ1) is 14.9. The molecule has 166 valence electrons. The third kappa shape index (κ3) is 4.32. The average molecular weight is 428 g/mol. The van der Waals surface area contributed by atoms with E-state index in [1.165, 1.54) is 0 Å². The number of aromatic nitrogens is 4. The molecule has 4 rings (SSSR count). The van der Waals surface area contributed by atoms with E-state index >= 15 is 0 Å². The van der Waals surface area contributed by atoms with Gasteiger partial charge in [0, 0.05) is 45.0 Å². The smallest absolute Gasteiger partial charge is 0.349 e. The van der Waals surface area contributed by atoms with Crippen molar-refractivity contribution in [3.05, 3.63) is 38.5 Å². The highest BCUT2D eigenvalue weighted by Gasteiger charge is 2.22. The van der Waals surface area contributed by atoms with E-state index in [9.17, 15) is 14.7 Å². The second-order valence-corrected chi connectivity index (χ2v) is 8.18. The van der Waals surface area contributed by atoms with Crippen LogP contribution in [0.15, 0.2) is 21.7 Å². The Morgan fingerprint density at radius 1 is 1.13 bits per heavy atom. The Labute approximate surface area is 179 Å². The fourth-order valence-electron chi connectivity index (χ4n) is 4.12. The molecule has 0 saturated carbocycles. The molecule has 0 spiro atoms. The van der Waals surface area contributed by atoms with E-state index in [0.29, 0.717) is 18.5 Å². The molecule has 1 aromatic carbocycles. The van der Waals surface area contributed by atoms with Crippen molar-refractivity contribution in [3.63, 3.8) is 0 Å². The predicted octanol–water partition coefficient (Wildman–Crippen LogP) is -0.222. The number of benzene rings is 1. The van der Waals surface area contributed by atoms with E-state index in [-0.39, 0.29) is 24.5 Å². The van der Waals surface area contributed by atoms with Crippen LogP contribution in [0.1, 0.15) is 18.4 Å². The molecule has 1 fully saturated rings. The van der Waals surface area contributed by atoms with E-state index < -0.39 is 17.4 Å². The molecule has 0 bridgehead atoms. The van der Waals surface area contributed by atoms with Crippen molar-refractivity contribution in [1.29, 1.82) is 0 Å². The van der Waals surface area contributed by atoms with E-state index in [1.807, 2.05) is 19.1 Å². The van der Waals surface area contributed by atoms with Gasteiger partial charge in [0.25, 0.3) is 5.56 Å². The predicted molar refractivity (Wildman–Crippen MR) is 118 cm³/mol. The van der Waals surface area contributed by atoms with Crippen LogP contribution in [0.2, 0.25) is 0 Å². The van der Waals surface area contributed by atoms with Gasteiger partial charge in [-0.1, -0.05) is 0 Å². The molecule has 0 aliphatic carbocycles. The molecule has 1 aromatic rings. The minimum Gasteiger partial charge on any atom is -0.396 e. The lowest BCUT2D eigenvalue weighted by atomic mass is 10.1. The number of nitrogens with zero attached hydrogens (tertiary/aromatic N) is 5. The molecular weight excluding hydrogens is 400 g/mol. The summed E-state index contributed by atoms with van der Waals surface area (Å²) >= 11 is 0. The number of fused-ring (bicyclic) bond motifs is 2. The van der Waals surface area contributed by atoms with Crippen LogP contribution in [0, 0.1) is 6.92 Å². The number of aliphatic hydroxyl groups is 2. The van der Waals surface area contributed by atoms with Gasteiger partial charge < -0.3 is 24.6 Å². The molecule has 3 aliphatic rings. The van der Waals surface area contributed by atoms with Crippen LogP contribution < -0.4 is 16.1 Å². The highest BCUT2D eigenvalue weighted by molar-refractivity contribution is 5.84. The molecule has 0 radical (unpaired) electrons. The Kier molecular flexibility index (Phi) is 6.03. The van der Waals surface area contributed by atoms with Gasteiger partial charge in [-0.2, -0.15) is 4.98 Å². The van der Waals surface area contributed by atoms with Crippen LogP contribution in [-0.2, 0) is 6.54 Å². The quantitative estimate of drug-likeness (QED) is 0.460. The van der Waals surface area contributed by atoms with Crippen molar-refractivity contribution < 1.29 is 10.2 Å². The molecule has 3 N–H and O–H groups in total. The first kappa shape index (κ1) is 21.4. The molecule has 1 atom stereocenters. The van der Waals surface area contributed by atoms with E-state index in [1.54, 1.807) is 4.57 Å². The zero-order valence-electron chi connectivity index (χ0n) is 17.8. The number of H-pyrrole nitrogens is 1. The highest BCUT2D eigenvalue weighted by Crippen LogP contribution is 2.29. The van der Waals surface area contributed by atoms with E-state index in [0.717, 1.165) is 42.9 Å². The van der Waals surface area contributed by atoms with Crippen molar-refractivity contribution in [2.75, 3.05) is 44.7 Å². The third-order valence-electron chi connectivity index (χ3n) is 5.92. The second-order valence-electron chi connectivity index (χ2n) is 8.18. The van der Waals surface area contributed by atoms with Crippen molar-refractivity contribution in [2.45, 2.75) is 32.4 Å². The summed E-state index contributed by atoms with van der Waals surface area (Å²) in [4.78, 5) is 39.7. The van der Waals surface area contributed by atoms with Gasteiger partial charge >= 0.3 is 5.69 Å². The molecule has 3 heterocycles. The number of hydrogen-bond acceptors (Lipinski definition) is 8. The summed E-state index contributed by atoms with van der Waals surface area (Å²) in [5.41, 5.74) is 2.30. The van der Waals surface area contributed by atoms with E-state index in [2.05, 4.69) is 31.8 Å². The van der Waals surface area contributed by atoms with Crippen LogP contribution in [0.5, 0.6) is 0 Å². The lowest BCUT2D eigenvalue weighted by molar-refractivity contribution is 0.121. The fourth-order valence-corrected chi connectivity index (χ4v) is 4.12. The van der Waals surface area contributed by atoms with Crippen LogP contribution in [-0.4, -0.2) is 80.6 Å². The minimum atomic E-state index is -0.727. The van der Waals surface area contributed by atoms with Crippen molar-refractivity contribution in [1.82, 2.24) is 24.4 Å². The second kappa shape index (κ2) is 8.74. The van der Waals surface area contributed by atoms with Crippen LogP contribution in [0.4, 0.5) is 5.69 Å². The molecular formula is C21H28N6O4. The number of rotatable bonds is 6. The molecule has 0 unspecified atom stereocenters. The van der Waals surface area contributed by atoms with Gasteiger partial charge in [0.15, 0.2) is 11.5 Å². The summed E-state index contributed by atoms with van der Waals surface area (Å²) in [6.45, 7) is 5.99. The van der Waals surface area contributed by atoms with Crippen LogP contribution in [0.3, 0.4) is 0 Å². The molecule has 3 aliphatic heterocycles. The van der Waals surface area contributed by atoms with Crippen molar-refractivity contribution in [3.8, 4) is 11.5 Å². The number of anilines is 1. The lowest BCUT2D eigenvalue weighted by Crippen LogP contribution is -2.44. The maximum atomic E-state index is 12.4. The third-order valence-corrected chi connectivity index (χ3v) is 5.92. The molecule has 1 saturated heterocycles. The van der Waals surface area contributed by atoms with Gasteiger partial charge in [0.2, 0.25) is 0 Å². The summed E-state index contributed by atoms with van der Waals surface area (Å²) < 4.78 is 1.79. The summed E-state index contributed by atoms with van der Waals surface area (Å²) in [6.07, 6.45) is -0.0969. The number of aromatic amines is 1. The number of piperazine rings is 1. The summed E-state index contributed by atoms with van der Waals surface area (Å²) in [6, 6.07) is 3.99. The first-order valence-corrected chi connectivity index (χ1v) is 10.5. The largest absolute Gasteiger partial charge is 0.396 e. The standard InChI is InChI=1S/C21H28N6O4/c1-13-11-15-17(12-16(13)26-8-6-25(2)7-9-26)27(5-3-14(29)4-10-28)19-18(22-15)20(30)24-21(31)23-19/h11-12,14,28-29H,3-10H2,1-2H3,(H,24,30,31)/t14-/m0/s1. The zero-order valence-corrected chi connectivity index (χ0v) is 17.8.